The lowest BCUT2D eigenvalue weighted by Crippen LogP contribution is -2.33. The second-order valence-corrected chi connectivity index (χ2v) is 3.02. The lowest BCUT2D eigenvalue weighted by atomic mass is 10.2. The lowest BCUT2D eigenvalue weighted by Gasteiger charge is -2.18. The van der Waals surface area contributed by atoms with Crippen LogP contribution in [0.5, 0.6) is 0 Å². The molecule has 2 N–H and O–H groups in total. The number of carbonyl (C=O) groups excluding carboxylic acids is 1. The zero-order valence-electron chi connectivity index (χ0n) is 8.45. The van der Waals surface area contributed by atoms with E-state index in [0.29, 0.717) is 18.7 Å². The fourth-order valence-electron chi connectivity index (χ4n) is 1.26. The Labute approximate surface area is 82.7 Å². The van der Waals surface area contributed by atoms with Gasteiger partial charge in [0.05, 0.1) is 18.4 Å². The second kappa shape index (κ2) is 4.76. The number of H-pyrrole nitrogens is 1. The Kier molecular flexibility index (Phi) is 3.64. The van der Waals surface area contributed by atoms with Crippen LogP contribution >= 0.6 is 0 Å². The highest BCUT2D eigenvalue weighted by Gasteiger charge is 2.16. The predicted octanol–water partition coefficient (Wildman–Crippen LogP) is 0.173. The van der Waals surface area contributed by atoms with Crippen LogP contribution in [-0.4, -0.2) is 45.8 Å². The van der Waals surface area contributed by atoms with E-state index >= 15 is 0 Å². The van der Waals surface area contributed by atoms with Crippen LogP contribution in [0.3, 0.4) is 0 Å². The first kappa shape index (κ1) is 10.7. The average molecular weight is 197 g/mol. The summed E-state index contributed by atoms with van der Waals surface area (Å²) in [6.45, 7) is 4.61. The standard InChI is InChI=1S/C9H15N3O2/c1-3-12(4-5-13)9(14)8-6-10-11-7(8)2/h6,13H,3-5H2,1-2H3,(H,10,11). The van der Waals surface area contributed by atoms with E-state index in [9.17, 15) is 4.79 Å². The van der Waals surface area contributed by atoms with E-state index in [4.69, 9.17) is 5.11 Å². The number of aryl methyl sites for hydroxylation is 1. The Morgan fingerprint density at radius 2 is 2.43 bits per heavy atom. The number of aliphatic hydroxyl groups is 1. The maximum atomic E-state index is 11.8. The van der Waals surface area contributed by atoms with Gasteiger partial charge in [0.2, 0.25) is 0 Å². The molecule has 1 amide bonds. The van der Waals surface area contributed by atoms with Crippen molar-refractivity contribution in [2.75, 3.05) is 19.7 Å². The first-order valence-electron chi connectivity index (χ1n) is 4.60. The van der Waals surface area contributed by atoms with Gasteiger partial charge in [0.1, 0.15) is 0 Å². The predicted molar refractivity (Wildman–Crippen MR) is 52.0 cm³/mol. The molecule has 0 radical (unpaired) electrons. The summed E-state index contributed by atoms with van der Waals surface area (Å²) in [7, 11) is 0. The van der Waals surface area contributed by atoms with Crippen molar-refractivity contribution in [3.63, 3.8) is 0 Å². The molecule has 0 unspecified atom stereocenters. The monoisotopic (exact) mass is 197 g/mol. The van der Waals surface area contributed by atoms with Crippen LogP contribution in [0, 0.1) is 6.92 Å². The van der Waals surface area contributed by atoms with Crippen molar-refractivity contribution < 1.29 is 9.90 Å². The smallest absolute Gasteiger partial charge is 0.257 e. The Hall–Kier alpha value is -1.36. The quantitative estimate of drug-likeness (QED) is 0.723. The highest BCUT2D eigenvalue weighted by molar-refractivity contribution is 5.94. The molecule has 5 nitrogen and oxygen atoms in total. The molecule has 0 aliphatic rings. The van der Waals surface area contributed by atoms with Gasteiger partial charge in [-0.2, -0.15) is 5.10 Å². The zero-order chi connectivity index (χ0) is 10.6. The summed E-state index contributed by atoms with van der Waals surface area (Å²) in [6, 6.07) is 0. The number of carbonyl (C=O) groups is 1. The topological polar surface area (TPSA) is 69.2 Å². The van der Waals surface area contributed by atoms with Crippen molar-refractivity contribution in [2.45, 2.75) is 13.8 Å². The van der Waals surface area contributed by atoms with Gasteiger partial charge in [0.15, 0.2) is 0 Å². The fourth-order valence-corrected chi connectivity index (χ4v) is 1.26. The molecule has 1 rings (SSSR count). The van der Waals surface area contributed by atoms with E-state index in [-0.39, 0.29) is 12.5 Å². The van der Waals surface area contributed by atoms with Gasteiger partial charge in [0, 0.05) is 18.8 Å². The summed E-state index contributed by atoms with van der Waals surface area (Å²) < 4.78 is 0. The minimum Gasteiger partial charge on any atom is -0.395 e. The first-order valence-corrected chi connectivity index (χ1v) is 4.60. The van der Waals surface area contributed by atoms with Gasteiger partial charge in [-0.15, -0.1) is 0 Å². The highest BCUT2D eigenvalue weighted by atomic mass is 16.3. The van der Waals surface area contributed by atoms with Crippen molar-refractivity contribution in [3.8, 4) is 0 Å². The van der Waals surface area contributed by atoms with Crippen molar-refractivity contribution in [1.82, 2.24) is 15.1 Å². The molecule has 0 aromatic carbocycles. The number of aromatic nitrogens is 2. The number of aliphatic hydroxyl groups excluding tert-OH is 1. The molecule has 0 bridgehead atoms. The molecule has 0 aliphatic heterocycles. The first-order chi connectivity index (χ1) is 6.70. The molecule has 0 spiro atoms. The van der Waals surface area contributed by atoms with Crippen LogP contribution in [0.15, 0.2) is 6.20 Å². The number of hydrogen-bond acceptors (Lipinski definition) is 3. The molecule has 0 fully saturated rings. The van der Waals surface area contributed by atoms with E-state index in [1.165, 1.54) is 6.20 Å². The molecular weight excluding hydrogens is 182 g/mol. The molecule has 0 saturated heterocycles. The van der Waals surface area contributed by atoms with Crippen LogP contribution in [0.4, 0.5) is 0 Å². The molecular formula is C9H15N3O2. The zero-order valence-corrected chi connectivity index (χ0v) is 8.45. The summed E-state index contributed by atoms with van der Waals surface area (Å²) in [4.78, 5) is 13.4. The number of nitrogens with zero attached hydrogens (tertiary/aromatic N) is 2. The Morgan fingerprint density at radius 3 is 2.86 bits per heavy atom. The normalized spacial score (nSPS) is 10.2. The second-order valence-electron chi connectivity index (χ2n) is 3.02. The summed E-state index contributed by atoms with van der Waals surface area (Å²) in [6.07, 6.45) is 1.51. The summed E-state index contributed by atoms with van der Waals surface area (Å²) in [5.41, 5.74) is 1.33. The lowest BCUT2D eigenvalue weighted by molar-refractivity contribution is 0.0731. The summed E-state index contributed by atoms with van der Waals surface area (Å²) in [5, 5.41) is 15.3. The Bertz CT molecular complexity index is 309. The van der Waals surface area contributed by atoms with E-state index in [1.54, 1.807) is 11.8 Å². The molecule has 1 aromatic heterocycles. The van der Waals surface area contributed by atoms with Gasteiger partial charge in [0.25, 0.3) is 5.91 Å². The van der Waals surface area contributed by atoms with Crippen LogP contribution in [0.2, 0.25) is 0 Å². The van der Waals surface area contributed by atoms with E-state index in [0.717, 1.165) is 5.69 Å². The Morgan fingerprint density at radius 1 is 1.71 bits per heavy atom. The number of hydrogen-bond donors (Lipinski definition) is 2. The molecule has 0 atom stereocenters. The minimum absolute atomic E-state index is 0.0174. The van der Waals surface area contributed by atoms with Gasteiger partial charge >= 0.3 is 0 Å². The summed E-state index contributed by atoms with van der Waals surface area (Å²) >= 11 is 0. The van der Waals surface area contributed by atoms with Crippen LogP contribution < -0.4 is 0 Å². The molecule has 14 heavy (non-hydrogen) atoms. The molecule has 1 aromatic rings. The fraction of sp³-hybridized carbons (Fsp3) is 0.556. The number of amides is 1. The number of likely N-dealkylation sites (N-methyl/N-ethyl adjacent to an activating group) is 1. The number of nitrogens with one attached hydrogen (secondary N) is 1. The molecule has 0 aliphatic carbocycles. The molecule has 1 heterocycles. The van der Waals surface area contributed by atoms with E-state index in [1.807, 2.05) is 6.92 Å². The van der Waals surface area contributed by atoms with E-state index < -0.39 is 0 Å². The van der Waals surface area contributed by atoms with Crippen molar-refractivity contribution in [2.24, 2.45) is 0 Å². The van der Waals surface area contributed by atoms with Crippen LogP contribution in [0.25, 0.3) is 0 Å². The molecule has 78 valence electrons. The third kappa shape index (κ3) is 2.11. The van der Waals surface area contributed by atoms with Crippen molar-refractivity contribution in [1.29, 1.82) is 0 Å². The van der Waals surface area contributed by atoms with Gasteiger partial charge in [-0.25, -0.2) is 0 Å². The summed E-state index contributed by atoms with van der Waals surface area (Å²) in [5.74, 6) is -0.0900. The molecule has 5 heteroatoms. The highest BCUT2D eigenvalue weighted by Crippen LogP contribution is 2.06. The maximum Gasteiger partial charge on any atom is 0.257 e. The maximum absolute atomic E-state index is 11.8. The number of rotatable bonds is 4. The van der Waals surface area contributed by atoms with Gasteiger partial charge in [-0.3, -0.25) is 9.89 Å². The number of aromatic amines is 1. The van der Waals surface area contributed by atoms with Crippen molar-refractivity contribution in [3.05, 3.63) is 17.5 Å². The van der Waals surface area contributed by atoms with Crippen LogP contribution in [0.1, 0.15) is 23.0 Å². The largest absolute Gasteiger partial charge is 0.395 e. The van der Waals surface area contributed by atoms with Gasteiger partial charge < -0.3 is 10.0 Å². The van der Waals surface area contributed by atoms with Crippen molar-refractivity contribution >= 4 is 5.91 Å². The van der Waals surface area contributed by atoms with Crippen LogP contribution in [-0.2, 0) is 0 Å². The minimum atomic E-state index is -0.0900. The van der Waals surface area contributed by atoms with E-state index in [2.05, 4.69) is 10.2 Å². The third-order valence-corrected chi connectivity index (χ3v) is 2.10. The third-order valence-electron chi connectivity index (χ3n) is 2.10. The van der Waals surface area contributed by atoms with Gasteiger partial charge in [-0.05, 0) is 13.8 Å². The van der Waals surface area contributed by atoms with Gasteiger partial charge in [-0.1, -0.05) is 0 Å². The molecule has 0 saturated carbocycles. The SMILES string of the molecule is CCN(CCO)C(=O)c1cn[nH]c1C. The Balaban J connectivity index is 2.78. The average Bonchev–Trinajstić information content (AvgIpc) is 2.59.